The van der Waals surface area contributed by atoms with Gasteiger partial charge in [-0.05, 0) is 42.0 Å². The standard InChI is InChI=1S/C25H20FN3O4/c1-32-24-13-18(10-11-21(24)30)27-25(31)29-20(15-6-8-17(26)9-7-15)14-19(28-29)23-12-16-4-2-3-5-22(16)33-23/h2-13,20,30H,14H2,1H3,(H,27,31). The summed E-state index contributed by atoms with van der Waals surface area (Å²) in [5.74, 6) is 0.411. The van der Waals surface area contributed by atoms with Crippen molar-refractivity contribution in [1.82, 2.24) is 5.01 Å². The molecule has 1 unspecified atom stereocenters. The van der Waals surface area contributed by atoms with Crippen molar-refractivity contribution in [2.45, 2.75) is 12.5 Å². The molecule has 1 aromatic heterocycles. The van der Waals surface area contributed by atoms with Crippen LogP contribution < -0.4 is 10.1 Å². The third-order valence-electron chi connectivity index (χ3n) is 5.51. The van der Waals surface area contributed by atoms with Crippen LogP contribution in [0, 0.1) is 5.82 Å². The van der Waals surface area contributed by atoms with E-state index in [2.05, 4.69) is 10.4 Å². The van der Waals surface area contributed by atoms with Gasteiger partial charge in [0.15, 0.2) is 17.3 Å². The number of hydrogen-bond donors (Lipinski definition) is 2. The minimum atomic E-state index is -0.483. The summed E-state index contributed by atoms with van der Waals surface area (Å²) in [7, 11) is 1.43. The molecular formula is C25H20FN3O4. The number of halogens is 1. The number of benzene rings is 3. The summed E-state index contributed by atoms with van der Waals surface area (Å²) >= 11 is 0. The maximum absolute atomic E-state index is 13.5. The van der Waals surface area contributed by atoms with Gasteiger partial charge < -0.3 is 19.6 Å². The molecule has 0 spiro atoms. The molecule has 0 aliphatic carbocycles. The lowest BCUT2D eigenvalue weighted by atomic mass is 10.0. The zero-order valence-corrected chi connectivity index (χ0v) is 17.7. The molecule has 2 amide bonds. The Balaban J connectivity index is 1.48. The molecular weight excluding hydrogens is 425 g/mol. The van der Waals surface area contributed by atoms with Crippen LogP contribution in [0.4, 0.5) is 14.9 Å². The highest BCUT2D eigenvalue weighted by Crippen LogP contribution is 2.35. The molecule has 4 aromatic rings. The highest BCUT2D eigenvalue weighted by Gasteiger charge is 2.34. The average Bonchev–Trinajstić information content (AvgIpc) is 3.45. The predicted molar refractivity (Wildman–Crippen MR) is 122 cm³/mol. The Morgan fingerprint density at radius 1 is 1.15 bits per heavy atom. The summed E-state index contributed by atoms with van der Waals surface area (Å²) in [6.07, 6.45) is 0.401. The Morgan fingerprint density at radius 3 is 2.70 bits per heavy atom. The first-order valence-corrected chi connectivity index (χ1v) is 10.3. The number of phenols is 1. The number of hydrogen-bond acceptors (Lipinski definition) is 5. The molecule has 1 atom stereocenters. The van der Waals surface area contributed by atoms with Gasteiger partial charge in [0.25, 0.3) is 0 Å². The molecule has 2 heterocycles. The number of ether oxygens (including phenoxy) is 1. The first kappa shape index (κ1) is 20.6. The van der Waals surface area contributed by atoms with E-state index in [1.54, 1.807) is 18.2 Å². The maximum Gasteiger partial charge on any atom is 0.342 e. The van der Waals surface area contributed by atoms with E-state index in [1.165, 1.54) is 36.4 Å². The molecule has 7 nitrogen and oxygen atoms in total. The van der Waals surface area contributed by atoms with Crippen molar-refractivity contribution in [3.63, 3.8) is 0 Å². The van der Waals surface area contributed by atoms with E-state index in [4.69, 9.17) is 9.15 Å². The first-order valence-electron chi connectivity index (χ1n) is 10.3. The molecule has 0 fully saturated rings. The van der Waals surface area contributed by atoms with E-state index in [-0.39, 0.29) is 17.3 Å². The Hall–Kier alpha value is -4.33. The van der Waals surface area contributed by atoms with Gasteiger partial charge in [-0.25, -0.2) is 14.2 Å². The van der Waals surface area contributed by atoms with Gasteiger partial charge in [0.05, 0.1) is 13.2 Å². The molecule has 0 bridgehead atoms. The number of methoxy groups -OCH3 is 1. The Labute approximate surface area is 188 Å². The first-order chi connectivity index (χ1) is 16.0. The van der Waals surface area contributed by atoms with Crippen molar-refractivity contribution in [1.29, 1.82) is 0 Å². The molecule has 3 aromatic carbocycles. The van der Waals surface area contributed by atoms with Gasteiger partial charge in [0.2, 0.25) is 0 Å². The topological polar surface area (TPSA) is 87.3 Å². The summed E-state index contributed by atoms with van der Waals surface area (Å²) in [4.78, 5) is 13.2. The molecule has 0 radical (unpaired) electrons. The van der Waals surface area contributed by atoms with Crippen LogP contribution in [-0.2, 0) is 0 Å². The Bertz CT molecular complexity index is 1330. The molecule has 2 N–H and O–H groups in total. The molecule has 8 heteroatoms. The lowest BCUT2D eigenvalue weighted by Gasteiger charge is -2.22. The van der Waals surface area contributed by atoms with Crippen LogP contribution in [0.1, 0.15) is 23.8 Å². The van der Waals surface area contributed by atoms with Crippen LogP contribution in [0.2, 0.25) is 0 Å². The number of rotatable bonds is 4. The lowest BCUT2D eigenvalue weighted by Crippen LogP contribution is -2.31. The summed E-state index contributed by atoms with van der Waals surface area (Å²) in [6.45, 7) is 0. The number of carbonyl (C=O) groups excluding carboxylic acids is 1. The molecule has 0 saturated carbocycles. The van der Waals surface area contributed by atoms with Crippen LogP contribution in [0.15, 0.2) is 82.3 Å². The molecule has 5 rings (SSSR count). The van der Waals surface area contributed by atoms with Crippen LogP contribution in [-0.4, -0.2) is 29.0 Å². The molecule has 1 aliphatic rings. The highest BCUT2D eigenvalue weighted by molar-refractivity contribution is 6.04. The molecule has 33 heavy (non-hydrogen) atoms. The predicted octanol–water partition coefficient (Wildman–Crippen LogP) is 5.67. The molecule has 0 saturated heterocycles. The smallest absolute Gasteiger partial charge is 0.342 e. The minimum absolute atomic E-state index is 0.0361. The molecule has 1 aliphatic heterocycles. The fourth-order valence-electron chi connectivity index (χ4n) is 3.85. The second-order valence-electron chi connectivity index (χ2n) is 7.63. The van der Waals surface area contributed by atoms with Gasteiger partial charge in [0.1, 0.15) is 17.1 Å². The number of aromatic hydroxyl groups is 1. The zero-order chi connectivity index (χ0) is 22.9. The number of carbonyl (C=O) groups is 1. The van der Waals surface area contributed by atoms with Crippen LogP contribution >= 0.6 is 0 Å². The van der Waals surface area contributed by atoms with Crippen molar-refractivity contribution >= 4 is 28.4 Å². The van der Waals surface area contributed by atoms with Gasteiger partial charge in [0, 0.05) is 23.6 Å². The van der Waals surface area contributed by atoms with E-state index in [0.717, 1.165) is 16.5 Å². The number of phenolic OH excluding ortho intramolecular Hbond substituents is 1. The third-order valence-corrected chi connectivity index (χ3v) is 5.51. The van der Waals surface area contributed by atoms with Crippen LogP contribution in [0.25, 0.3) is 11.0 Å². The number of amides is 2. The largest absolute Gasteiger partial charge is 0.504 e. The number of urea groups is 1. The SMILES string of the molecule is COc1cc(NC(=O)N2N=C(c3cc4ccccc4o3)CC2c2ccc(F)cc2)ccc1O. The van der Waals surface area contributed by atoms with Gasteiger partial charge in [-0.1, -0.05) is 30.3 Å². The molecule has 166 valence electrons. The summed E-state index contributed by atoms with van der Waals surface area (Å²) < 4.78 is 24.6. The van der Waals surface area contributed by atoms with Gasteiger partial charge in [-0.2, -0.15) is 5.10 Å². The van der Waals surface area contributed by atoms with Crippen LogP contribution in [0.5, 0.6) is 11.5 Å². The van der Waals surface area contributed by atoms with Crippen molar-refractivity contribution in [2.24, 2.45) is 5.10 Å². The quantitative estimate of drug-likeness (QED) is 0.396. The van der Waals surface area contributed by atoms with E-state index >= 15 is 0 Å². The number of anilines is 1. The summed E-state index contributed by atoms with van der Waals surface area (Å²) in [5, 5.41) is 19.4. The normalized spacial score (nSPS) is 15.5. The van der Waals surface area contributed by atoms with E-state index < -0.39 is 12.1 Å². The van der Waals surface area contributed by atoms with E-state index in [9.17, 15) is 14.3 Å². The van der Waals surface area contributed by atoms with Crippen molar-refractivity contribution in [2.75, 3.05) is 12.4 Å². The number of hydrazone groups is 1. The number of furan rings is 1. The summed E-state index contributed by atoms with van der Waals surface area (Å²) in [6, 6.07) is 19.1. The Kier molecular flexibility index (Phi) is 5.18. The average molecular weight is 445 g/mol. The van der Waals surface area contributed by atoms with Gasteiger partial charge in [-0.3, -0.25) is 0 Å². The van der Waals surface area contributed by atoms with E-state index in [0.29, 0.717) is 23.6 Å². The highest BCUT2D eigenvalue weighted by atomic mass is 19.1. The summed E-state index contributed by atoms with van der Waals surface area (Å²) in [5.41, 5.74) is 2.51. The second-order valence-corrected chi connectivity index (χ2v) is 7.63. The Morgan fingerprint density at radius 2 is 1.94 bits per heavy atom. The van der Waals surface area contributed by atoms with Gasteiger partial charge in [-0.15, -0.1) is 0 Å². The van der Waals surface area contributed by atoms with Crippen molar-refractivity contribution in [3.8, 4) is 11.5 Å². The zero-order valence-electron chi connectivity index (χ0n) is 17.7. The number of nitrogens with zero attached hydrogens (tertiary/aromatic N) is 2. The maximum atomic E-state index is 13.5. The second kappa shape index (κ2) is 8.31. The monoisotopic (exact) mass is 445 g/mol. The fourth-order valence-corrected chi connectivity index (χ4v) is 3.85. The lowest BCUT2D eigenvalue weighted by molar-refractivity contribution is 0.200. The van der Waals surface area contributed by atoms with E-state index in [1.807, 2.05) is 30.3 Å². The number of fused-ring (bicyclic) bond motifs is 1. The number of para-hydroxylation sites is 1. The van der Waals surface area contributed by atoms with Crippen molar-refractivity contribution in [3.05, 3.63) is 89.9 Å². The van der Waals surface area contributed by atoms with Gasteiger partial charge >= 0.3 is 6.03 Å². The minimum Gasteiger partial charge on any atom is -0.504 e. The van der Waals surface area contributed by atoms with Crippen molar-refractivity contribution < 1.29 is 23.4 Å². The third kappa shape index (κ3) is 3.98. The fraction of sp³-hybridized carbons (Fsp3) is 0.120. The van der Waals surface area contributed by atoms with Crippen LogP contribution in [0.3, 0.4) is 0 Å². The number of nitrogens with one attached hydrogen (secondary N) is 1.